The minimum Gasteiger partial charge on any atom is -0.355 e. The second-order valence-corrected chi connectivity index (χ2v) is 5.81. The fourth-order valence-corrected chi connectivity index (χ4v) is 3.05. The number of pyridine rings is 1. The first kappa shape index (κ1) is 14.6. The van der Waals surface area contributed by atoms with Crippen LogP contribution in [0, 0.1) is 0 Å². The Hall–Kier alpha value is -3.02. The van der Waals surface area contributed by atoms with Crippen LogP contribution < -0.4 is 10.2 Å². The van der Waals surface area contributed by atoms with Crippen LogP contribution in [-0.4, -0.2) is 34.2 Å². The molecule has 1 fully saturated rings. The Morgan fingerprint density at radius 3 is 2.54 bits per heavy atom. The van der Waals surface area contributed by atoms with E-state index >= 15 is 0 Å². The summed E-state index contributed by atoms with van der Waals surface area (Å²) in [6.07, 6.45) is 5.60. The first-order chi connectivity index (χ1) is 11.8. The Morgan fingerprint density at radius 1 is 1.00 bits per heavy atom. The number of aromatic nitrogens is 3. The number of hydrogen-bond acceptors (Lipinski definition) is 5. The van der Waals surface area contributed by atoms with Gasteiger partial charge in [0, 0.05) is 30.1 Å². The summed E-state index contributed by atoms with van der Waals surface area (Å²) >= 11 is 0. The van der Waals surface area contributed by atoms with E-state index in [1.54, 1.807) is 24.5 Å². The molecule has 4 rings (SSSR count). The lowest BCUT2D eigenvalue weighted by molar-refractivity contribution is 0.102. The van der Waals surface area contributed by atoms with Crippen molar-refractivity contribution in [1.29, 1.82) is 0 Å². The summed E-state index contributed by atoms with van der Waals surface area (Å²) < 4.78 is 0. The van der Waals surface area contributed by atoms with E-state index in [2.05, 4.69) is 25.4 Å². The molecule has 0 spiro atoms. The van der Waals surface area contributed by atoms with E-state index in [9.17, 15) is 4.79 Å². The molecule has 1 aliphatic rings. The zero-order chi connectivity index (χ0) is 16.4. The topological polar surface area (TPSA) is 71.0 Å². The molecule has 3 heterocycles. The summed E-state index contributed by atoms with van der Waals surface area (Å²) in [7, 11) is 0. The van der Waals surface area contributed by atoms with E-state index in [1.807, 2.05) is 24.3 Å². The maximum atomic E-state index is 12.6. The molecule has 0 unspecified atom stereocenters. The van der Waals surface area contributed by atoms with Gasteiger partial charge in [0.15, 0.2) is 11.5 Å². The Balaban J connectivity index is 1.74. The maximum Gasteiger partial charge on any atom is 0.276 e. The number of benzene rings is 1. The van der Waals surface area contributed by atoms with Crippen molar-refractivity contribution in [1.82, 2.24) is 15.2 Å². The molecular formula is C18H17N5O. The van der Waals surface area contributed by atoms with Crippen molar-refractivity contribution in [3.8, 4) is 0 Å². The average molecular weight is 319 g/mol. The number of anilines is 2. The van der Waals surface area contributed by atoms with Gasteiger partial charge in [-0.05, 0) is 25.0 Å². The van der Waals surface area contributed by atoms with Gasteiger partial charge in [0.2, 0.25) is 0 Å². The molecule has 2 aromatic heterocycles. The normalized spacial score (nSPS) is 14.1. The van der Waals surface area contributed by atoms with Crippen molar-refractivity contribution < 1.29 is 4.79 Å². The number of fused-ring (bicyclic) bond motifs is 1. The fraction of sp³-hybridized carbons (Fsp3) is 0.222. The van der Waals surface area contributed by atoms with Gasteiger partial charge in [-0.15, -0.1) is 10.2 Å². The first-order valence-corrected chi connectivity index (χ1v) is 8.05. The van der Waals surface area contributed by atoms with Crippen molar-refractivity contribution in [3.05, 3.63) is 54.5 Å². The first-order valence-electron chi connectivity index (χ1n) is 8.05. The molecule has 1 aromatic carbocycles. The number of hydrogen-bond donors (Lipinski definition) is 1. The number of nitrogens with zero attached hydrogens (tertiary/aromatic N) is 4. The van der Waals surface area contributed by atoms with Crippen molar-refractivity contribution in [2.24, 2.45) is 0 Å². The highest BCUT2D eigenvalue weighted by molar-refractivity contribution is 6.12. The molecular weight excluding hydrogens is 302 g/mol. The zero-order valence-corrected chi connectivity index (χ0v) is 13.1. The Bertz CT molecular complexity index is 875. The molecule has 3 aromatic rings. The van der Waals surface area contributed by atoms with Crippen LogP contribution in [0.25, 0.3) is 10.8 Å². The van der Waals surface area contributed by atoms with E-state index in [4.69, 9.17) is 0 Å². The van der Waals surface area contributed by atoms with E-state index in [0.29, 0.717) is 11.4 Å². The lowest BCUT2D eigenvalue weighted by Crippen LogP contribution is -2.22. The number of carbonyl (C=O) groups is 1. The zero-order valence-electron chi connectivity index (χ0n) is 13.1. The molecule has 1 amide bonds. The second kappa shape index (κ2) is 6.23. The van der Waals surface area contributed by atoms with E-state index in [1.165, 1.54) is 12.8 Å². The van der Waals surface area contributed by atoms with Crippen LogP contribution in [0.3, 0.4) is 0 Å². The van der Waals surface area contributed by atoms with Crippen LogP contribution >= 0.6 is 0 Å². The van der Waals surface area contributed by atoms with E-state index < -0.39 is 0 Å². The van der Waals surface area contributed by atoms with Crippen molar-refractivity contribution in [3.63, 3.8) is 0 Å². The molecule has 6 nitrogen and oxygen atoms in total. The molecule has 120 valence electrons. The van der Waals surface area contributed by atoms with Gasteiger partial charge in [-0.1, -0.05) is 24.3 Å². The minimum atomic E-state index is -0.278. The quantitative estimate of drug-likeness (QED) is 0.804. The summed E-state index contributed by atoms with van der Waals surface area (Å²) in [4.78, 5) is 18.8. The van der Waals surface area contributed by atoms with Crippen molar-refractivity contribution in [2.45, 2.75) is 12.8 Å². The summed E-state index contributed by atoms with van der Waals surface area (Å²) in [5.41, 5.74) is 0.967. The van der Waals surface area contributed by atoms with E-state index in [0.717, 1.165) is 29.7 Å². The lowest BCUT2D eigenvalue weighted by atomic mass is 10.1. The molecule has 1 aliphatic heterocycles. The molecule has 0 saturated carbocycles. The van der Waals surface area contributed by atoms with Crippen LogP contribution in [0.4, 0.5) is 11.5 Å². The van der Waals surface area contributed by atoms with Crippen LogP contribution in [0.15, 0.2) is 48.8 Å². The predicted octanol–water partition coefficient (Wildman–Crippen LogP) is 2.88. The van der Waals surface area contributed by atoms with Gasteiger partial charge in [0.05, 0.1) is 11.9 Å². The second-order valence-electron chi connectivity index (χ2n) is 5.81. The van der Waals surface area contributed by atoms with E-state index in [-0.39, 0.29) is 5.91 Å². The Morgan fingerprint density at radius 2 is 1.79 bits per heavy atom. The summed E-state index contributed by atoms with van der Waals surface area (Å²) in [5.74, 6) is 0.584. The largest absolute Gasteiger partial charge is 0.355 e. The van der Waals surface area contributed by atoms with Crippen LogP contribution in [0.2, 0.25) is 0 Å². The number of amides is 1. The van der Waals surface area contributed by atoms with Crippen LogP contribution in [0.1, 0.15) is 23.3 Å². The van der Waals surface area contributed by atoms with Gasteiger partial charge < -0.3 is 10.2 Å². The maximum absolute atomic E-state index is 12.6. The SMILES string of the molecule is O=C(Nc1cccnc1)c1nnc(N2CCCC2)c2ccccc12. The highest BCUT2D eigenvalue weighted by Gasteiger charge is 2.20. The number of rotatable bonds is 3. The Labute approximate surface area is 139 Å². The predicted molar refractivity (Wildman–Crippen MR) is 93.2 cm³/mol. The third kappa shape index (κ3) is 2.67. The van der Waals surface area contributed by atoms with Gasteiger partial charge in [-0.3, -0.25) is 9.78 Å². The fourth-order valence-electron chi connectivity index (χ4n) is 3.05. The average Bonchev–Trinajstić information content (AvgIpc) is 3.16. The smallest absolute Gasteiger partial charge is 0.276 e. The van der Waals surface area contributed by atoms with Gasteiger partial charge >= 0.3 is 0 Å². The standard InChI is InChI=1S/C18H17N5O/c24-18(20-13-6-5-9-19-12-13)16-14-7-1-2-8-15(14)17(22-21-16)23-10-3-4-11-23/h1-2,5-9,12H,3-4,10-11H2,(H,20,24). The van der Waals surface area contributed by atoms with Crippen LogP contribution in [0.5, 0.6) is 0 Å². The van der Waals surface area contributed by atoms with Gasteiger partial charge in [0.1, 0.15) is 0 Å². The molecule has 1 saturated heterocycles. The van der Waals surface area contributed by atoms with Crippen molar-refractivity contribution in [2.75, 3.05) is 23.3 Å². The third-order valence-electron chi connectivity index (χ3n) is 4.21. The molecule has 0 aliphatic carbocycles. The lowest BCUT2D eigenvalue weighted by Gasteiger charge is -2.18. The third-order valence-corrected chi connectivity index (χ3v) is 4.21. The highest BCUT2D eigenvalue weighted by atomic mass is 16.1. The molecule has 0 bridgehead atoms. The minimum absolute atomic E-state index is 0.278. The van der Waals surface area contributed by atoms with Gasteiger partial charge in [0.25, 0.3) is 5.91 Å². The highest BCUT2D eigenvalue weighted by Crippen LogP contribution is 2.28. The number of nitrogens with one attached hydrogen (secondary N) is 1. The Kier molecular flexibility index (Phi) is 3.78. The number of carbonyl (C=O) groups excluding carboxylic acids is 1. The molecule has 0 atom stereocenters. The summed E-state index contributed by atoms with van der Waals surface area (Å²) in [6, 6.07) is 11.4. The molecule has 0 radical (unpaired) electrons. The van der Waals surface area contributed by atoms with Gasteiger partial charge in [-0.2, -0.15) is 0 Å². The molecule has 24 heavy (non-hydrogen) atoms. The molecule has 6 heteroatoms. The summed E-state index contributed by atoms with van der Waals surface area (Å²) in [6.45, 7) is 1.97. The van der Waals surface area contributed by atoms with Crippen molar-refractivity contribution >= 4 is 28.2 Å². The summed E-state index contributed by atoms with van der Waals surface area (Å²) in [5, 5.41) is 13.2. The molecule has 1 N–H and O–H groups in total. The van der Waals surface area contributed by atoms with Gasteiger partial charge in [-0.25, -0.2) is 0 Å². The monoisotopic (exact) mass is 319 g/mol. The van der Waals surface area contributed by atoms with Crippen LogP contribution in [-0.2, 0) is 0 Å².